The Balaban J connectivity index is 1.83. The van der Waals surface area contributed by atoms with E-state index >= 15 is 0 Å². The predicted molar refractivity (Wildman–Crippen MR) is 87.8 cm³/mol. The van der Waals surface area contributed by atoms with E-state index in [-0.39, 0.29) is 11.5 Å². The molecule has 0 bridgehead atoms. The molecule has 0 radical (unpaired) electrons. The van der Waals surface area contributed by atoms with E-state index in [4.69, 9.17) is 0 Å². The van der Waals surface area contributed by atoms with Crippen molar-refractivity contribution in [3.8, 4) is 11.8 Å². The van der Waals surface area contributed by atoms with Crippen LogP contribution in [0.2, 0.25) is 0 Å². The summed E-state index contributed by atoms with van der Waals surface area (Å²) in [5, 5.41) is 16.9. The van der Waals surface area contributed by atoms with Crippen LogP contribution in [0.1, 0.15) is 29.8 Å². The Morgan fingerprint density at radius 1 is 1.21 bits per heavy atom. The van der Waals surface area contributed by atoms with Gasteiger partial charge in [-0.25, -0.2) is 9.67 Å². The number of benzene rings is 1. The zero-order valence-corrected chi connectivity index (χ0v) is 13.3. The first-order valence-corrected chi connectivity index (χ1v) is 7.41. The smallest absolute Gasteiger partial charge is 0.259 e. The van der Waals surface area contributed by atoms with E-state index in [0.29, 0.717) is 0 Å². The summed E-state index contributed by atoms with van der Waals surface area (Å²) in [7, 11) is 0. The second-order valence-corrected chi connectivity index (χ2v) is 5.80. The summed E-state index contributed by atoms with van der Waals surface area (Å²) in [6.07, 6.45) is 4.51. The highest BCUT2D eigenvalue weighted by Gasteiger charge is 2.25. The molecule has 2 heterocycles. The van der Waals surface area contributed by atoms with Gasteiger partial charge in [0.15, 0.2) is 0 Å². The number of nitrogens with zero attached hydrogens (tertiary/aromatic N) is 4. The number of carbonyl (C=O) groups is 1. The van der Waals surface area contributed by atoms with Crippen LogP contribution in [0.15, 0.2) is 55.0 Å². The van der Waals surface area contributed by atoms with E-state index < -0.39 is 17.3 Å². The Hall–Kier alpha value is -3.22. The lowest BCUT2D eigenvalue weighted by atomic mass is 9.94. The minimum absolute atomic E-state index is 0.00918. The van der Waals surface area contributed by atoms with E-state index in [0.717, 1.165) is 5.56 Å². The number of aromatic hydroxyl groups is 1. The van der Waals surface area contributed by atoms with Crippen molar-refractivity contribution in [3.63, 3.8) is 0 Å². The van der Waals surface area contributed by atoms with Gasteiger partial charge in [0, 0.05) is 18.6 Å². The normalized spacial score (nSPS) is 11.2. The maximum atomic E-state index is 12.5. The Labute approximate surface area is 139 Å². The van der Waals surface area contributed by atoms with Gasteiger partial charge in [-0.15, -0.1) is 0 Å². The maximum absolute atomic E-state index is 12.5. The van der Waals surface area contributed by atoms with Crippen LogP contribution in [-0.2, 0) is 5.54 Å². The molecule has 0 saturated heterocycles. The molecule has 7 heteroatoms. The van der Waals surface area contributed by atoms with Crippen molar-refractivity contribution < 1.29 is 9.90 Å². The molecule has 24 heavy (non-hydrogen) atoms. The third-order valence-corrected chi connectivity index (χ3v) is 3.63. The number of amides is 1. The van der Waals surface area contributed by atoms with Gasteiger partial charge in [-0.3, -0.25) is 4.79 Å². The molecule has 1 aromatic carbocycles. The SMILES string of the molecule is CC(C)(NC(=O)c1cnc(-n2cccn2)nc1O)c1ccccc1. The number of hydrogen-bond acceptors (Lipinski definition) is 5. The highest BCUT2D eigenvalue weighted by molar-refractivity contribution is 5.96. The Morgan fingerprint density at radius 2 is 1.96 bits per heavy atom. The van der Waals surface area contributed by atoms with Crippen LogP contribution in [0.5, 0.6) is 5.88 Å². The highest BCUT2D eigenvalue weighted by Crippen LogP contribution is 2.22. The van der Waals surface area contributed by atoms with Crippen LogP contribution >= 0.6 is 0 Å². The summed E-state index contributed by atoms with van der Waals surface area (Å²) in [5.74, 6) is -0.651. The van der Waals surface area contributed by atoms with E-state index in [1.807, 2.05) is 44.2 Å². The van der Waals surface area contributed by atoms with Crippen LogP contribution in [-0.4, -0.2) is 30.8 Å². The topological polar surface area (TPSA) is 92.9 Å². The van der Waals surface area contributed by atoms with Gasteiger partial charge in [0.05, 0.1) is 5.54 Å². The third-order valence-electron chi connectivity index (χ3n) is 3.63. The molecule has 0 aliphatic carbocycles. The van der Waals surface area contributed by atoms with Crippen LogP contribution in [0.25, 0.3) is 5.95 Å². The lowest BCUT2D eigenvalue weighted by Gasteiger charge is -2.27. The van der Waals surface area contributed by atoms with E-state index in [9.17, 15) is 9.90 Å². The molecule has 0 unspecified atom stereocenters. The van der Waals surface area contributed by atoms with E-state index in [1.54, 1.807) is 18.5 Å². The molecule has 2 aromatic heterocycles. The zero-order valence-electron chi connectivity index (χ0n) is 13.3. The minimum atomic E-state index is -0.606. The average molecular weight is 323 g/mol. The van der Waals surface area contributed by atoms with Gasteiger partial charge in [-0.2, -0.15) is 10.1 Å². The molecule has 0 aliphatic rings. The molecular formula is C17H17N5O2. The number of carbonyl (C=O) groups excluding carboxylic acids is 1. The van der Waals surface area contributed by atoms with Gasteiger partial charge >= 0.3 is 0 Å². The van der Waals surface area contributed by atoms with Gasteiger partial charge in [-0.1, -0.05) is 30.3 Å². The van der Waals surface area contributed by atoms with Gasteiger partial charge in [0.25, 0.3) is 11.9 Å². The molecule has 0 atom stereocenters. The predicted octanol–water partition coefficient (Wildman–Crippen LogP) is 2.03. The molecule has 122 valence electrons. The lowest BCUT2D eigenvalue weighted by molar-refractivity contribution is 0.0908. The van der Waals surface area contributed by atoms with E-state index in [1.165, 1.54) is 10.9 Å². The Bertz CT molecular complexity index is 845. The molecule has 0 spiro atoms. The summed E-state index contributed by atoms with van der Waals surface area (Å²) >= 11 is 0. The summed E-state index contributed by atoms with van der Waals surface area (Å²) in [6.45, 7) is 3.77. The van der Waals surface area contributed by atoms with E-state index in [2.05, 4.69) is 20.4 Å². The zero-order chi connectivity index (χ0) is 17.2. The Kier molecular flexibility index (Phi) is 3.99. The summed E-state index contributed by atoms with van der Waals surface area (Å²) in [6, 6.07) is 11.3. The lowest BCUT2D eigenvalue weighted by Crippen LogP contribution is -2.41. The van der Waals surface area contributed by atoms with Crippen molar-refractivity contribution >= 4 is 5.91 Å². The van der Waals surface area contributed by atoms with Crippen molar-refractivity contribution in [1.82, 2.24) is 25.1 Å². The molecule has 0 fully saturated rings. The summed E-state index contributed by atoms with van der Waals surface area (Å²) in [5.41, 5.74) is 0.354. The second kappa shape index (κ2) is 6.11. The first kappa shape index (κ1) is 15.7. The first-order chi connectivity index (χ1) is 11.5. The third kappa shape index (κ3) is 3.10. The molecule has 1 amide bonds. The van der Waals surface area contributed by atoms with Crippen molar-refractivity contribution in [2.24, 2.45) is 0 Å². The Morgan fingerprint density at radius 3 is 2.58 bits per heavy atom. The summed E-state index contributed by atoms with van der Waals surface area (Å²) < 4.78 is 1.40. The number of nitrogens with one attached hydrogen (secondary N) is 1. The van der Waals surface area contributed by atoms with Gasteiger partial charge in [-0.05, 0) is 25.5 Å². The van der Waals surface area contributed by atoms with Gasteiger partial charge in [0.2, 0.25) is 5.88 Å². The molecule has 0 saturated carbocycles. The number of rotatable bonds is 4. The van der Waals surface area contributed by atoms with Gasteiger partial charge in [0.1, 0.15) is 5.56 Å². The number of aromatic nitrogens is 4. The van der Waals surface area contributed by atoms with Crippen molar-refractivity contribution in [3.05, 3.63) is 66.1 Å². The second-order valence-electron chi connectivity index (χ2n) is 5.80. The monoisotopic (exact) mass is 323 g/mol. The largest absolute Gasteiger partial charge is 0.493 e. The standard InChI is InChI=1S/C17H17N5O2/c1-17(2,12-7-4-3-5-8-12)21-15(24)13-11-18-16(20-14(13)23)22-10-6-9-19-22/h3-11H,1-2H3,(H,21,24)(H,18,20,23). The molecule has 3 rings (SSSR count). The van der Waals surface area contributed by atoms with Crippen LogP contribution in [0.3, 0.4) is 0 Å². The fraction of sp³-hybridized carbons (Fsp3) is 0.176. The van der Waals surface area contributed by atoms with Crippen molar-refractivity contribution in [1.29, 1.82) is 0 Å². The van der Waals surface area contributed by atoms with Crippen LogP contribution < -0.4 is 5.32 Å². The molecule has 7 nitrogen and oxygen atoms in total. The maximum Gasteiger partial charge on any atom is 0.259 e. The first-order valence-electron chi connectivity index (χ1n) is 7.41. The fourth-order valence-electron chi connectivity index (χ4n) is 2.30. The average Bonchev–Trinajstić information content (AvgIpc) is 3.09. The quantitative estimate of drug-likeness (QED) is 0.766. The van der Waals surface area contributed by atoms with Crippen molar-refractivity contribution in [2.45, 2.75) is 19.4 Å². The molecule has 2 N–H and O–H groups in total. The molecular weight excluding hydrogens is 306 g/mol. The fourth-order valence-corrected chi connectivity index (χ4v) is 2.30. The minimum Gasteiger partial charge on any atom is -0.493 e. The van der Waals surface area contributed by atoms with Crippen molar-refractivity contribution in [2.75, 3.05) is 0 Å². The van der Waals surface area contributed by atoms with Crippen LogP contribution in [0.4, 0.5) is 0 Å². The number of hydrogen-bond donors (Lipinski definition) is 2. The van der Waals surface area contributed by atoms with Crippen LogP contribution in [0, 0.1) is 0 Å². The molecule has 3 aromatic rings. The molecule has 0 aliphatic heterocycles. The van der Waals surface area contributed by atoms with Gasteiger partial charge < -0.3 is 10.4 Å². The highest BCUT2D eigenvalue weighted by atomic mass is 16.3. The summed E-state index contributed by atoms with van der Waals surface area (Å²) in [4.78, 5) is 20.5.